The van der Waals surface area contributed by atoms with E-state index in [2.05, 4.69) is 10.3 Å². The SMILES string of the molecule is Cc1nc2cc3c(cc2n1CC(=O)N1CCNCC1)OCO3. The molecule has 22 heavy (non-hydrogen) atoms. The molecule has 0 atom stereocenters. The van der Waals surface area contributed by atoms with E-state index >= 15 is 0 Å². The first-order valence-electron chi connectivity index (χ1n) is 7.47. The zero-order chi connectivity index (χ0) is 15.1. The lowest BCUT2D eigenvalue weighted by molar-refractivity contribution is -0.132. The van der Waals surface area contributed by atoms with Crippen LogP contribution in [0.3, 0.4) is 0 Å². The van der Waals surface area contributed by atoms with E-state index in [1.165, 1.54) is 0 Å². The van der Waals surface area contributed by atoms with E-state index in [1.54, 1.807) is 0 Å². The molecule has 116 valence electrons. The van der Waals surface area contributed by atoms with Gasteiger partial charge in [0.05, 0.1) is 11.0 Å². The van der Waals surface area contributed by atoms with Crippen molar-refractivity contribution >= 4 is 16.9 Å². The maximum absolute atomic E-state index is 12.5. The van der Waals surface area contributed by atoms with Gasteiger partial charge in [0.15, 0.2) is 11.5 Å². The Morgan fingerprint density at radius 2 is 2.00 bits per heavy atom. The molecule has 0 radical (unpaired) electrons. The summed E-state index contributed by atoms with van der Waals surface area (Å²) >= 11 is 0. The largest absolute Gasteiger partial charge is 0.454 e. The van der Waals surface area contributed by atoms with Crippen molar-refractivity contribution in [1.29, 1.82) is 0 Å². The highest BCUT2D eigenvalue weighted by Gasteiger charge is 2.21. The number of ether oxygens (including phenoxy) is 2. The Balaban J connectivity index is 1.66. The summed E-state index contributed by atoms with van der Waals surface area (Å²) < 4.78 is 12.7. The number of amides is 1. The van der Waals surface area contributed by atoms with E-state index < -0.39 is 0 Å². The summed E-state index contributed by atoms with van der Waals surface area (Å²) in [6, 6.07) is 3.78. The molecular formula is C15H18N4O3. The van der Waals surface area contributed by atoms with Gasteiger partial charge in [0.2, 0.25) is 12.7 Å². The zero-order valence-corrected chi connectivity index (χ0v) is 12.5. The van der Waals surface area contributed by atoms with Crippen molar-refractivity contribution in [3.63, 3.8) is 0 Å². The van der Waals surface area contributed by atoms with Gasteiger partial charge < -0.3 is 24.3 Å². The minimum absolute atomic E-state index is 0.126. The number of aromatic nitrogens is 2. The second-order valence-electron chi connectivity index (χ2n) is 5.57. The quantitative estimate of drug-likeness (QED) is 0.875. The summed E-state index contributed by atoms with van der Waals surface area (Å²) in [6.07, 6.45) is 0. The van der Waals surface area contributed by atoms with Crippen LogP contribution >= 0.6 is 0 Å². The second-order valence-corrected chi connectivity index (χ2v) is 5.57. The first kappa shape index (κ1) is 13.4. The van der Waals surface area contributed by atoms with Gasteiger partial charge in [0.1, 0.15) is 12.4 Å². The molecule has 1 amide bonds. The Bertz CT molecular complexity index is 734. The predicted molar refractivity (Wildman–Crippen MR) is 80.0 cm³/mol. The number of aryl methyl sites for hydroxylation is 1. The number of fused-ring (bicyclic) bond motifs is 2. The summed E-state index contributed by atoms with van der Waals surface area (Å²) in [5.74, 6) is 2.37. The number of rotatable bonds is 2. The highest BCUT2D eigenvalue weighted by Crippen LogP contribution is 2.36. The van der Waals surface area contributed by atoms with Crippen molar-refractivity contribution in [1.82, 2.24) is 19.8 Å². The van der Waals surface area contributed by atoms with Gasteiger partial charge in [-0.15, -0.1) is 0 Å². The fraction of sp³-hybridized carbons (Fsp3) is 0.467. The van der Waals surface area contributed by atoms with Crippen LogP contribution in [0.15, 0.2) is 12.1 Å². The number of imidazole rings is 1. The third-order valence-electron chi connectivity index (χ3n) is 4.20. The first-order chi connectivity index (χ1) is 10.7. The maximum atomic E-state index is 12.5. The van der Waals surface area contributed by atoms with Crippen LogP contribution in [0.5, 0.6) is 11.5 Å². The molecule has 1 aromatic heterocycles. The van der Waals surface area contributed by atoms with Gasteiger partial charge in [0, 0.05) is 38.3 Å². The van der Waals surface area contributed by atoms with E-state index in [9.17, 15) is 4.79 Å². The van der Waals surface area contributed by atoms with E-state index in [0.29, 0.717) is 18.0 Å². The lowest BCUT2D eigenvalue weighted by Crippen LogP contribution is -2.47. The molecule has 2 aromatic rings. The number of hydrogen-bond donors (Lipinski definition) is 1. The van der Waals surface area contributed by atoms with Crippen molar-refractivity contribution in [2.75, 3.05) is 33.0 Å². The third-order valence-corrected chi connectivity index (χ3v) is 4.20. The summed E-state index contributed by atoms with van der Waals surface area (Å²) in [7, 11) is 0. The minimum Gasteiger partial charge on any atom is -0.454 e. The number of piperazine rings is 1. The fourth-order valence-electron chi connectivity index (χ4n) is 2.98. The van der Waals surface area contributed by atoms with E-state index in [1.807, 2.05) is 28.5 Å². The maximum Gasteiger partial charge on any atom is 0.242 e. The van der Waals surface area contributed by atoms with Crippen LogP contribution in [-0.2, 0) is 11.3 Å². The number of nitrogens with one attached hydrogen (secondary N) is 1. The molecular weight excluding hydrogens is 284 g/mol. The molecule has 0 unspecified atom stereocenters. The highest BCUT2D eigenvalue weighted by molar-refractivity contribution is 5.84. The molecule has 0 aliphatic carbocycles. The molecule has 3 heterocycles. The molecule has 1 aromatic carbocycles. The van der Waals surface area contributed by atoms with Gasteiger partial charge in [-0.25, -0.2) is 4.98 Å². The van der Waals surface area contributed by atoms with Crippen molar-refractivity contribution in [3.8, 4) is 11.5 Å². The Morgan fingerprint density at radius 3 is 2.77 bits per heavy atom. The first-order valence-corrected chi connectivity index (χ1v) is 7.47. The third kappa shape index (κ3) is 2.18. The van der Waals surface area contributed by atoms with Gasteiger partial charge in [-0.05, 0) is 6.92 Å². The molecule has 7 heteroatoms. The number of carbonyl (C=O) groups excluding carboxylic acids is 1. The van der Waals surface area contributed by atoms with Gasteiger partial charge in [-0.1, -0.05) is 0 Å². The molecule has 1 N–H and O–H groups in total. The predicted octanol–water partition coefficient (Wildman–Crippen LogP) is 0.505. The molecule has 2 aliphatic heterocycles. The number of benzene rings is 1. The zero-order valence-electron chi connectivity index (χ0n) is 12.5. The average Bonchev–Trinajstić information content (AvgIpc) is 3.10. The lowest BCUT2D eigenvalue weighted by atomic mass is 10.2. The fourth-order valence-corrected chi connectivity index (χ4v) is 2.98. The second kappa shape index (κ2) is 5.17. The molecule has 1 saturated heterocycles. The van der Waals surface area contributed by atoms with Crippen LogP contribution in [-0.4, -0.2) is 53.3 Å². The summed E-state index contributed by atoms with van der Waals surface area (Å²) in [5.41, 5.74) is 1.74. The van der Waals surface area contributed by atoms with E-state index in [4.69, 9.17) is 9.47 Å². The molecule has 2 aliphatic rings. The van der Waals surface area contributed by atoms with Crippen molar-refractivity contribution < 1.29 is 14.3 Å². The smallest absolute Gasteiger partial charge is 0.242 e. The lowest BCUT2D eigenvalue weighted by Gasteiger charge is -2.27. The van der Waals surface area contributed by atoms with Crippen LogP contribution < -0.4 is 14.8 Å². The van der Waals surface area contributed by atoms with Crippen LogP contribution in [0.4, 0.5) is 0 Å². The normalized spacial score (nSPS) is 17.2. The molecule has 1 fully saturated rings. The van der Waals surface area contributed by atoms with E-state index in [-0.39, 0.29) is 12.7 Å². The van der Waals surface area contributed by atoms with Crippen LogP contribution in [0.2, 0.25) is 0 Å². The van der Waals surface area contributed by atoms with Crippen molar-refractivity contribution in [2.45, 2.75) is 13.5 Å². The van der Waals surface area contributed by atoms with Gasteiger partial charge in [0.25, 0.3) is 0 Å². The number of nitrogens with zero attached hydrogens (tertiary/aromatic N) is 3. The van der Waals surface area contributed by atoms with Crippen LogP contribution in [0, 0.1) is 6.92 Å². The Labute approximate surface area is 127 Å². The summed E-state index contributed by atoms with van der Waals surface area (Å²) in [5, 5.41) is 3.25. The Morgan fingerprint density at radius 1 is 1.27 bits per heavy atom. The number of carbonyl (C=O) groups is 1. The molecule has 0 spiro atoms. The van der Waals surface area contributed by atoms with E-state index in [0.717, 1.165) is 43.0 Å². The van der Waals surface area contributed by atoms with Gasteiger partial charge in [-0.2, -0.15) is 0 Å². The Kier molecular flexibility index (Phi) is 3.15. The van der Waals surface area contributed by atoms with Crippen LogP contribution in [0.25, 0.3) is 11.0 Å². The average molecular weight is 302 g/mol. The van der Waals surface area contributed by atoms with Crippen molar-refractivity contribution in [2.24, 2.45) is 0 Å². The topological polar surface area (TPSA) is 68.6 Å². The molecule has 7 nitrogen and oxygen atoms in total. The molecule has 4 rings (SSSR count). The molecule has 0 saturated carbocycles. The number of hydrogen-bond acceptors (Lipinski definition) is 5. The summed E-state index contributed by atoms with van der Waals surface area (Å²) in [4.78, 5) is 18.9. The van der Waals surface area contributed by atoms with Gasteiger partial charge in [-0.3, -0.25) is 4.79 Å². The molecule has 0 bridgehead atoms. The minimum atomic E-state index is 0.126. The highest BCUT2D eigenvalue weighted by atomic mass is 16.7. The van der Waals surface area contributed by atoms with Crippen molar-refractivity contribution in [3.05, 3.63) is 18.0 Å². The van der Waals surface area contributed by atoms with Gasteiger partial charge >= 0.3 is 0 Å². The Hall–Kier alpha value is -2.28. The summed E-state index contributed by atoms with van der Waals surface area (Å²) in [6.45, 7) is 5.69. The van der Waals surface area contributed by atoms with Crippen LogP contribution in [0.1, 0.15) is 5.82 Å². The standard InChI is InChI=1S/C15H18N4O3/c1-10-17-11-6-13-14(22-9-21-13)7-12(11)19(10)8-15(20)18-4-2-16-3-5-18/h6-7,16H,2-5,8-9H2,1H3. The monoisotopic (exact) mass is 302 g/mol.